The number of benzene rings is 2. The quantitative estimate of drug-likeness (QED) is 0.108. The lowest BCUT2D eigenvalue weighted by atomic mass is 9.68. The van der Waals surface area contributed by atoms with Crippen molar-refractivity contribution in [3.8, 4) is 0 Å². The van der Waals surface area contributed by atoms with Gasteiger partial charge < -0.3 is 4.74 Å². The Kier molecular flexibility index (Phi) is 16.9. The van der Waals surface area contributed by atoms with Crippen LogP contribution in [0.1, 0.15) is 202 Å². The van der Waals surface area contributed by atoms with Gasteiger partial charge in [-0.25, -0.2) is 17.6 Å². The Morgan fingerprint density at radius 1 is 0.436 bits per heavy atom. The molecule has 0 heterocycles. The number of hydrogen-bond donors (Lipinski definition) is 0. The van der Waals surface area contributed by atoms with Crippen LogP contribution in [0.2, 0.25) is 0 Å². The molecule has 2 aromatic rings. The zero-order valence-corrected chi connectivity index (χ0v) is 34.6. The fourth-order valence-corrected chi connectivity index (χ4v) is 11.8. The van der Waals surface area contributed by atoms with E-state index < -0.39 is 23.3 Å². The van der Waals surface area contributed by atoms with Gasteiger partial charge in [-0.05, 0) is 160 Å². The van der Waals surface area contributed by atoms with Gasteiger partial charge in [-0.15, -0.1) is 0 Å². The van der Waals surface area contributed by atoms with Crippen molar-refractivity contribution < 1.29 is 22.3 Å². The highest BCUT2D eigenvalue weighted by Gasteiger charge is 2.33. The maximum atomic E-state index is 15.2. The molecule has 2 aromatic carbocycles. The first-order valence-electron chi connectivity index (χ1n) is 23.4. The van der Waals surface area contributed by atoms with Crippen molar-refractivity contribution in [3.63, 3.8) is 0 Å². The van der Waals surface area contributed by atoms with Gasteiger partial charge >= 0.3 is 0 Å². The summed E-state index contributed by atoms with van der Waals surface area (Å²) in [4.78, 5) is 0. The van der Waals surface area contributed by atoms with Crippen molar-refractivity contribution in [3.05, 3.63) is 69.8 Å². The van der Waals surface area contributed by atoms with Crippen LogP contribution in [0, 0.1) is 58.8 Å². The molecular formula is C50H74F4O. The zero-order valence-electron chi connectivity index (χ0n) is 34.6. The van der Waals surface area contributed by atoms with Crippen LogP contribution in [0.3, 0.4) is 0 Å². The predicted octanol–water partition coefficient (Wildman–Crippen LogP) is 15.4. The molecule has 0 aliphatic heterocycles. The summed E-state index contributed by atoms with van der Waals surface area (Å²) >= 11 is 0. The highest BCUT2D eigenvalue weighted by atomic mass is 19.1. The van der Waals surface area contributed by atoms with Crippen LogP contribution in [0.4, 0.5) is 17.6 Å². The molecule has 5 heteroatoms. The second-order valence-electron chi connectivity index (χ2n) is 18.8. The van der Waals surface area contributed by atoms with E-state index >= 15 is 17.6 Å². The second kappa shape index (κ2) is 21.8. The fourth-order valence-electron chi connectivity index (χ4n) is 11.8. The molecule has 55 heavy (non-hydrogen) atoms. The first-order valence-corrected chi connectivity index (χ1v) is 23.4. The molecule has 4 fully saturated rings. The van der Waals surface area contributed by atoms with Crippen LogP contribution in [0.25, 0.3) is 0 Å². The molecule has 0 amide bonds. The Hall–Kier alpha value is -1.88. The van der Waals surface area contributed by atoms with E-state index in [2.05, 4.69) is 13.8 Å². The average Bonchev–Trinajstić information content (AvgIpc) is 3.20. The van der Waals surface area contributed by atoms with Gasteiger partial charge in [-0.3, -0.25) is 0 Å². The number of unbranched alkanes of at least 4 members (excludes halogenated alkanes) is 4. The molecule has 4 aliphatic rings. The van der Waals surface area contributed by atoms with Crippen molar-refractivity contribution in [2.24, 2.45) is 35.5 Å². The van der Waals surface area contributed by atoms with Gasteiger partial charge in [0.05, 0.1) is 13.2 Å². The van der Waals surface area contributed by atoms with Crippen LogP contribution in [0.5, 0.6) is 0 Å². The highest BCUT2D eigenvalue weighted by molar-refractivity contribution is 5.30. The molecule has 0 spiro atoms. The van der Waals surface area contributed by atoms with E-state index in [4.69, 9.17) is 4.74 Å². The van der Waals surface area contributed by atoms with Crippen LogP contribution in [-0.2, 0) is 17.6 Å². The summed E-state index contributed by atoms with van der Waals surface area (Å²) in [6, 6.07) is 6.18. The minimum atomic E-state index is -0.506. The van der Waals surface area contributed by atoms with Gasteiger partial charge in [0.15, 0.2) is 0 Å². The molecule has 0 saturated heterocycles. The number of hydrogen-bond acceptors (Lipinski definition) is 1. The van der Waals surface area contributed by atoms with Gasteiger partial charge in [-0.2, -0.15) is 0 Å². The van der Waals surface area contributed by atoms with Crippen molar-refractivity contribution in [2.45, 2.75) is 193 Å². The van der Waals surface area contributed by atoms with Gasteiger partial charge in [0.1, 0.15) is 23.3 Å². The number of rotatable bonds is 18. The average molecular weight is 767 g/mol. The molecule has 0 radical (unpaired) electrons. The molecular weight excluding hydrogens is 693 g/mol. The van der Waals surface area contributed by atoms with Crippen LogP contribution in [-0.4, -0.2) is 13.2 Å². The summed E-state index contributed by atoms with van der Waals surface area (Å²) in [5.74, 6) is 3.47. The summed E-state index contributed by atoms with van der Waals surface area (Å²) in [7, 11) is 0. The third-order valence-corrected chi connectivity index (χ3v) is 15.4. The summed E-state index contributed by atoms with van der Waals surface area (Å²) in [6.45, 7) is 4.76. The number of halogens is 4. The third kappa shape index (κ3) is 12.1. The maximum Gasteiger partial charge on any atom is 0.129 e. The first kappa shape index (κ1) is 42.7. The fraction of sp³-hybridized carbons (Fsp3) is 0.760. The molecule has 6 rings (SSSR count). The summed E-state index contributed by atoms with van der Waals surface area (Å²) < 4.78 is 66.6. The van der Waals surface area contributed by atoms with Crippen LogP contribution >= 0.6 is 0 Å². The zero-order chi connectivity index (χ0) is 38.6. The summed E-state index contributed by atoms with van der Waals surface area (Å²) in [5, 5.41) is 0. The Bertz CT molecular complexity index is 1270. The van der Waals surface area contributed by atoms with E-state index in [0.717, 1.165) is 72.3 Å². The molecule has 0 aromatic heterocycles. The van der Waals surface area contributed by atoms with Gasteiger partial charge in [0.25, 0.3) is 0 Å². The van der Waals surface area contributed by atoms with Crippen molar-refractivity contribution in [1.82, 2.24) is 0 Å². The van der Waals surface area contributed by atoms with E-state index in [1.165, 1.54) is 128 Å². The molecule has 0 bridgehead atoms. The molecule has 0 atom stereocenters. The number of ether oxygens (including phenoxy) is 1. The van der Waals surface area contributed by atoms with E-state index in [0.29, 0.717) is 0 Å². The van der Waals surface area contributed by atoms with E-state index in [1.54, 1.807) is 24.3 Å². The van der Waals surface area contributed by atoms with E-state index in [-0.39, 0.29) is 49.0 Å². The Balaban J connectivity index is 0.887. The minimum absolute atomic E-state index is 0.0414. The van der Waals surface area contributed by atoms with Crippen molar-refractivity contribution in [2.75, 3.05) is 13.2 Å². The maximum absolute atomic E-state index is 15.2. The third-order valence-electron chi connectivity index (χ3n) is 15.4. The normalized spacial score (nSPS) is 29.1. The summed E-state index contributed by atoms with van der Waals surface area (Å²) in [5.41, 5.74) is 1.66. The van der Waals surface area contributed by atoms with Gasteiger partial charge in [0.2, 0.25) is 0 Å². The summed E-state index contributed by atoms with van der Waals surface area (Å²) in [6.07, 6.45) is 30.8. The molecule has 0 unspecified atom stereocenters. The van der Waals surface area contributed by atoms with Gasteiger partial charge in [-0.1, -0.05) is 90.9 Å². The molecule has 1 nitrogen and oxygen atoms in total. The largest absolute Gasteiger partial charge is 0.381 e. The smallest absolute Gasteiger partial charge is 0.129 e. The lowest BCUT2D eigenvalue weighted by molar-refractivity contribution is 0.137. The van der Waals surface area contributed by atoms with Crippen molar-refractivity contribution in [1.29, 1.82) is 0 Å². The van der Waals surface area contributed by atoms with Crippen molar-refractivity contribution >= 4 is 0 Å². The molecule has 0 N–H and O–H groups in total. The highest BCUT2D eigenvalue weighted by Crippen LogP contribution is 2.46. The molecule has 308 valence electrons. The lowest BCUT2D eigenvalue weighted by Gasteiger charge is -2.38. The first-order chi connectivity index (χ1) is 26.8. The Morgan fingerprint density at radius 2 is 0.745 bits per heavy atom. The lowest BCUT2D eigenvalue weighted by Crippen LogP contribution is -2.25. The topological polar surface area (TPSA) is 9.23 Å². The minimum Gasteiger partial charge on any atom is -0.381 e. The van der Waals surface area contributed by atoms with Crippen LogP contribution < -0.4 is 0 Å². The predicted molar refractivity (Wildman–Crippen MR) is 220 cm³/mol. The Labute approximate surface area is 332 Å². The second-order valence-corrected chi connectivity index (χ2v) is 18.8. The Morgan fingerprint density at radius 3 is 1.05 bits per heavy atom. The monoisotopic (exact) mass is 767 g/mol. The molecule has 4 saturated carbocycles. The van der Waals surface area contributed by atoms with Gasteiger partial charge in [0, 0.05) is 24.0 Å². The SMILES string of the molecule is CCCCCC1CCC(C2CCC(c3cc(F)c(CCOCCc4c(F)cc(C5CCC(C6CCC(CCCCC)CC6)CC5)cc4F)c(F)c3)CC2)CC1. The molecule has 4 aliphatic carbocycles. The van der Waals surface area contributed by atoms with E-state index in [1.807, 2.05) is 0 Å². The van der Waals surface area contributed by atoms with Crippen LogP contribution in [0.15, 0.2) is 24.3 Å². The van der Waals surface area contributed by atoms with E-state index in [9.17, 15) is 0 Å². The standard InChI is InChI=1S/C50H74F4O/c1-3-5-7-9-35-11-15-37(16-12-35)39-19-23-41(24-20-39)43-31-47(51)45(48(52)32-43)27-29-55-30-28-46-49(53)33-44(34-50(46)54)42-25-21-40(22-26-42)38-17-13-36(14-18-38)10-8-6-4-2/h31-42H,3-30H2,1-2H3.